The molecule has 8 heteroatoms. The lowest BCUT2D eigenvalue weighted by Gasteiger charge is -2.31. The van der Waals surface area contributed by atoms with Gasteiger partial charge in [-0.05, 0) is 83.5 Å². The van der Waals surface area contributed by atoms with E-state index in [9.17, 15) is 19.5 Å². The number of aliphatic carboxylic acids is 1. The average molecular weight is 923 g/mol. The second kappa shape index (κ2) is 48.0. The summed E-state index contributed by atoms with van der Waals surface area (Å²) in [4.78, 5) is 37.2. The molecule has 0 saturated heterocycles. The molecule has 0 aromatic rings. The molecule has 8 nitrogen and oxygen atoms in total. The first-order chi connectivity index (χ1) is 32.1. The lowest BCUT2D eigenvalue weighted by molar-refractivity contribution is -0.887. The third-order valence-corrected chi connectivity index (χ3v) is 11.5. The second-order valence-electron chi connectivity index (χ2n) is 18.7. The number of nitrogens with zero attached hydrogens (tertiary/aromatic N) is 1. The van der Waals surface area contributed by atoms with Gasteiger partial charge in [-0.2, -0.15) is 0 Å². The Morgan fingerprint density at radius 3 is 1.32 bits per heavy atom. The van der Waals surface area contributed by atoms with E-state index in [0.29, 0.717) is 19.3 Å². The number of quaternary nitrogens is 1. The Morgan fingerprint density at radius 1 is 0.470 bits per heavy atom. The molecule has 0 spiro atoms. The standard InChI is InChI=1S/C58H99NO7/c1-6-8-10-12-14-16-18-20-22-24-26-28-29-31-33-35-37-39-41-43-45-47-49-57(61)66-54(52-64-51-50-55(58(62)63)59(3,4)5)53-65-56(60)48-46-44-42-40-38-36-34-32-30-27-25-23-21-19-17-15-13-11-9-7-2/h9,11,15,17,21,23,27,29-31,34,36,40,42,54-55H,6-8,10,12-14,16,18-20,22,24-26,28,32-33,35,37-39,41,43-53H2,1-5H3/p+1/b11-9+,17-15+,23-21+,30-27+,31-29+,36-34+,42-40+. The topological polar surface area (TPSA) is 99.1 Å². The normalized spacial score (nSPS) is 13.5. The van der Waals surface area contributed by atoms with Gasteiger partial charge < -0.3 is 23.8 Å². The highest BCUT2D eigenvalue weighted by molar-refractivity contribution is 5.72. The van der Waals surface area contributed by atoms with Crippen LogP contribution in [0.25, 0.3) is 0 Å². The number of ether oxygens (including phenoxy) is 3. The van der Waals surface area contributed by atoms with E-state index in [0.717, 1.165) is 64.2 Å². The van der Waals surface area contributed by atoms with Gasteiger partial charge in [-0.15, -0.1) is 0 Å². The van der Waals surface area contributed by atoms with Crippen LogP contribution in [0.3, 0.4) is 0 Å². The van der Waals surface area contributed by atoms with Crippen LogP contribution in [-0.2, 0) is 28.6 Å². The maximum absolute atomic E-state index is 12.8. The fourth-order valence-electron chi connectivity index (χ4n) is 7.45. The van der Waals surface area contributed by atoms with Crippen LogP contribution < -0.4 is 0 Å². The van der Waals surface area contributed by atoms with Crippen molar-refractivity contribution >= 4 is 17.9 Å². The lowest BCUT2D eigenvalue weighted by Crippen LogP contribution is -2.50. The van der Waals surface area contributed by atoms with Crippen LogP contribution in [0.4, 0.5) is 0 Å². The Balaban J connectivity index is 4.33. The van der Waals surface area contributed by atoms with Crippen molar-refractivity contribution in [3.05, 3.63) is 85.1 Å². The minimum Gasteiger partial charge on any atom is -0.477 e. The first-order valence-corrected chi connectivity index (χ1v) is 26.6. The van der Waals surface area contributed by atoms with Crippen molar-refractivity contribution in [1.82, 2.24) is 0 Å². The van der Waals surface area contributed by atoms with Crippen LogP contribution in [-0.4, -0.2) is 80.6 Å². The maximum Gasteiger partial charge on any atom is 0.362 e. The van der Waals surface area contributed by atoms with Crippen molar-refractivity contribution in [2.45, 2.75) is 225 Å². The number of unbranched alkanes of at least 4 members (excludes halogenated alkanes) is 19. The van der Waals surface area contributed by atoms with Gasteiger partial charge in [0, 0.05) is 19.3 Å². The summed E-state index contributed by atoms with van der Waals surface area (Å²) in [5, 5.41) is 9.66. The van der Waals surface area contributed by atoms with Gasteiger partial charge in [0.25, 0.3) is 0 Å². The first-order valence-electron chi connectivity index (χ1n) is 26.6. The van der Waals surface area contributed by atoms with Gasteiger partial charge in [-0.3, -0.25) is 9.59 Å². The smallest absolute Gasteiger partial charge is 0.362 e. The van der Waals surface area contributed by atoms with Crippen LogP contribution in [0.15, 0.2) is 85.1 Å². The molecule has 66 heavy (non-hydrogen) atoms. The summed E-state index contributed by atoms with van der Waals surface area (Å²) >= 11 is 0. The SMILES string of the molecule is CC/C=C/C/C=C/C/C=C/C/C=C/C/C=C/C/C=C/CCCC(=O)OCC(COCCC(C(=O)O)[N+](C)(C)C)OC(=O)CCCCCCCCC/C=C/CCCCCCCCCCCCC. The van der Waals surface area contributed by atoms with Gasteiger partial charge in [-0.25, -0.2) is 4.79 Å². The molecular formula is C58H100NO7+. The summed E-state index contributed by atoms with van der Waals surface area (Å²) in [6.45, 7) is 4.57. The lowest BCUT2D eigenvalue weighted by atomic mass is 10.0. The molecule has 0 fully saturated rings. The van der Waals surface area contributed by atoms with Crippen LogP contribution in [0.2, 0.25) is 0 Å². The van der Waals surface area contributed by atoms with Crippen LogP contribution in [0, 0.1) is 0 Å². The van der Waals surface area contributed by atoms with E-state index >= 15 is 0 Å². The number of carbonyl (C=O) groups excluding carboxylic acids is 2. The van der Waals surface area contributed by atoms with Gasteiger partial charge in [0.05, 0.1) is 34.4 Å². The Labute approximate surface area is 405 Å². The van der Waals surface area contributed by atoms with Crippen molar-refractivity contribution < 1.29 is 38.2 Å². The van der Waals surface area contributed by atoms with Crippen molar-refractivity contribution in [1.29, 1.82) is 0 Å². The molecule has 0 saturated carbocycles. The predicted molar refractivity (Wildman–Crippen MR) is 280 cm³/mol. The molecule has 0 aromatic carbocycles. The van der Waals surface area contributed by atoms with Crippen molar-refractivity contribution in [3.63, 3.8) is 0 Å². The summed E-state index contributed by atoms with van der Waals surface area (Å²) in [5.74, 6) is -1.55. The summed E-state index contributed by atoms with van der Waals surface area (Å²) < 4.78 is 17.3. The molecule has 0 heterocycles. The zero-order chi connectivity index (χ0) is 48.4. The van der Waals surface area contributed by atoms with Gasteiger partial charge in [-0.1, -0.05) is 195 Å². The quantitative estimate of drug-likeness (QED) is 0.0281. The van der Waals surface area contributed by atoms with E-state index in [1.54, 1.807) is 0 Å². The highest BCUT2D eigenvalue weighted by Gasteiger charge is 2.31. The van der Waals surface area contributed by atoms with E-state index in [1.165, 1.54) is 109 Å². The number of allylic oxidation sites excluding steroid dienone is 14. The molecule has 0 aromatic heterocycles. The minimum absolute atomic E-state index is 0.0373. The molecule has 0 amide bonds. The Kier molecular flexibility index (Phi) is 45.4. The van der Waals surface area contributed by atoms with Crippen LogP contribution in [0.1, 0.15) is 213 Å². The monoisotopic (exact) mass is 923 g/mol. The van der Waals surface area contributed by atoms with Crippen LogP contribution in [0.5, 0.6) is 0 Å². The molecule has 0 bridgehead atoms. The predicted octanol–water partition coefficient (Wildman–Crippen LogP) is 15.6. The third-order valence-electron chi connectivity index (χ3n) is 11.5. The fourth-order valence-corrected chi connectivity index (χ4v) is 7.45. The molecular weight excluding hydrogens is 823 g/mol. The maximum atomic E-state index is 12.8. The fraction of sp³-hybridized carbons (Fsp3) is 0.707. The van der Waals surface area contributed by atoms with Gasteiger partial charge in [0.15, 0.2) is 12.1 Å². The molecule has 0 radical (unpaired) electrons. The zero-order valence-electron chi connectivity index (χ0n) is 43.1. The number of carbonyl (C=O) groups is 3. The molecule has 0 aliphatic rings. The van der Waals surface area contributed by atoms with Crippen molar-refractivity contribution in [2.75, 3.05) is 41.0 Å². The molecule has 0 aliphatic heterocycles. The second-order valence-corrected chi connectivity index (χ2v) is 18.7. The molecule has 0 rings (SSSR count). The minimum atomic E-state index is -0.885. The van der Waals surface area contributed by atoms with Gasteiger partial charge in [0.2, 0.25) is 0 Å². The van der Waals surface area contributed by atoms with Crippen molar-refractivity contribution in [2.24, 2.45) is 0 Å². The van der Waals surface area contributed by atoms with E-state index in [4.69, 9.17) is 14.2 Å². The van der Waals surface area contributed by atoms with E-state index in [1.807, 2.05) is 21.1 Å². The molecule has 378 valence electrons. The average Bonchev–Trinajstić information content (AvgIpc) is 3.28. The number of hydrogen-bond donors (Lipinski definition) is 1. The molecule has 2 unspecified atom stereocenters. The van der Waals surface area contributed by atoms with E-state index in [2.05, 4.69) is 98.9 Å². The Morgan fingerprint density at radius 2 is 0.864 bits per heavy atom. The van der Waals surface area contributed by atoms with E-state index in [-0.39, 0.29) is 42.7 Å². The number of esters is 2. The third kappa shape index (κ3) is 45.7. The number of hydrogen-bond acceptors (Lipinski definition) is 6. The summed E-state index contributed by atoms with van der Waals surface area (Å²) in [5.41, 5.74) is 0. The van der Waals surface area contributed by atoms with Gasteiger partial charge in [0.1, 0.15) is 6.61 Å². The Bertz CT molecular complexity index is 1350. The summed E-state index contributed by atoms with van der Waals surface area (Å²) in [7, 11) is 5.51. The van der Waals surface area contributed by atoms with E-state index < -0.39 is 18.1 Å². The molecule has 2 atom stereocenters. The van der Waals surface area contributed by atoms with Gasteiger partial charge >= 0.3 is 17.9 Å². The largest absolute Gasteiger partial charge is 0.477 e. The highest BCUT2D eigenvalue weighted by Crippen LogP contribution is 2.15. The molecule has 1 N–H and O–H groups in total. The number of carboxylic acids is 1. The van der Waals surface area contributed by atoms with Crippen LogP contribution >= 0.6 is 0 Å². The Hall–Kier alpha value is -3.49. The number of rotatable bonds is 47. The summed E-state index contributed by atoms with van der Waals surface area (Å²) in [6, 6.07) is -0.629. The zero-order valence-corrected chi connectivity index (χ0v) is 43.1. The summed E-state index contributed by atoms with van der Waals surface area (Å²) in [6.07, 6.45) is 63.6. The number of carboxylic acid groups (broad SMARTS) is 1. The van der Waals surface area contributed by atoms with Crippen molar-refractivity contribution in [3.8, 4) is 0 Å². The number of likely N-dealkylation sites (N-methyl/N-ethyl adjacent to an activating group) is 1. The highest BCUT2D eigenvalue weighted by atomic mass is 16.6. The first kappa shape index (κ1) is 62.5. The molecule has 0 aliphatic carbocycles.